The first kappa shape index (κ1) is 17.7. The molecule has 0 radical (unpaired) electrons. The van der Waals surface area contributed by atoms with Gasteiger partial charge in [0.1, 0.15) is 0 Å². The SMILES string of the molecule is Cc1[nH]c(C)c([C@@H]2[C@@H](c3ccccn3)NC(=S)N2CC(C)C)c1I. The number of hydrogen-bond donors (Lipinski definition) is 2. The van der Waals surface area contributed by atoms with Gasteiger partial charge in [-0.25, -0.2) is 0 Å². The summed E-state index contributed by atoms with van der Waals surface area (Å²) >= 11 is 8.13. The van der Waals surface area contributed by atoms with Gasteiger partial charge in [-0.1, -0.05) is 19.9 Å². The fourth-order valence-corrected chi connectivity index (χ4v) is 4.60. The van der Waals surface area contributed by atoms with Crippen LogP contribution in [0.1, 0.15) is 48.6 Å². The van der Waals surface area contributed by atoms with Gasteiger partial charge in [0.25, 0.3) is 0 Å². The quantitative estimate of drug-likeness (QED) is 0.536. The molecule has 1 aliphatic rings. The van der Waals surface area contributed by atoms with Gasteiger partial charge in [-0.3, -0.25) is 4.98 Å². The molecule has 1 fully saturated rings. The molecule has 0 amide bonds. The number of H-pyrrole nitrogens is 1. The zero-order chi connectivity index (χ0) is 17.4. The summed E-state index contributed by atoms with van der Waals surface area (Å²) in [6.45, 7) is 9.66. The van der Waals surface area contributed by atoms with E-state index in [1.54, 1.807) is 0 Å². The number of hydrogen-bond acceptors (Lipinski definition) is 2. The van der Waals surface area contributed by atoms with Crippen LogP contribution in [0, 0.1) is 23.3 Å². The van der Waals surface area contributed by atoms with Crippen molar-refractivity contribution >= 4 is 39.9 Å². The van der Waals surface area contributed by atoms with Crippen LogP contribution in [-0.4, -0.2) is 26.5 Å². The predicted octanol–water partition coefficient (Wildman–Crippen LogP) is 4.26. The van der Waals surface area contributed by atoms with E-state index in [2.05, 4.69) is 76.5 Å². The summed E-state index contributed by atoms with van der Waals surface area (Å²) in [5, 5.41) is 4.33. The van der Waals surface area contributed by atoms with Gasteiger partial charge in [-0.2, -0.15) is 0 Å². The van der Waals surface area contributed by atoms with E-state index in [0.29, 0.717) is 5.92 Å². The minimum atomic E-state index is 0.0693. The van der Waals surface area contributed by atoms with Crippen molar-refractivity contribution in [1.29, 1.82) is 0 Å². The molecule has 1 saturated heterocycles. The summed E-state index contributed by atoms with van der Waals surface area (Å²) in [7, 11) is 0. The fraction of sp³-hybridized carbons (Fsp3) is 0.444. The molecule has 24 heavy (non-hydrogen) atoms. The highest BCUT2D eigenvalue weighted by Crippen LogP contribution is 2.42. The Bertz CT molecular complexity index is 741. The first-order valence-electron chi connectivity index (χ1n) is 8.22. The van der Waals surface area contributed by atoms with E-state index in [-0.39, 0.29) is 12.1 Å². The molecule has 4 nitrogen and oxygen atoms in total. The van der Waals surface area contributed by atoms with Gasteiger partial charge in [0.15, 0.2) is 5.11 Å². The normalized spacial score (nSPS) is 20.8. The van der Waals surface area contributed by atoms with Gasteiger partial charge in [-0.15, -0.1) is 0 Å². The molecular formula is C18H23IN4S. The lowest BCUT2D eigenvalue weighted by Crippen LogP contribution is -2.33. The Morgan fingerprint density at radius 1 is 1.29 bits per heavy atom. The molecule has 2 N–H and O–H groups in total. The molecule has 3 heterocycles. The second-order valence-corrected chi connectivity index (χ2v) is 8.24. The van der Waals surface area contributed by atoms with Crippen molar-refractivity contribution < 1.29 is 0 Å². The minimum absolute atomic E-state index is 0.0693. The van der Waals surface area contributed by atoms with Crippen molar-refractivity contribution in [2.45, 2.75) is 39.8 Å². The first-order chi connectivity index (χ1) is 11.4. The minimum Gasteiger partial charge on any atom is -0.362 e. The number of pyridine rings is 1. The van der Waals surface area contributed by atoms with E-state index in [1.165, 1.54) is 20.5 Å². The maximum Gasteiger partial charge on any atom is 0.170 e. The summed E-state index contributed by atoms with van der Waals surface area (Å²) in [5.74, 6) is 0.535. The number of rotatable bonds is 4. The molecule has 2 atom stereocenters. The highest BCUT2D eigenvalue weighted by Gasteiger charge is 2.42. The molecule has 2 aromatic heterocycles. The third-order valence-electron chi connectivity index (χ3n) is 4.40. The van der Waals surface area contributed by atoms with Crippen molar-refractivity contribution in [3.8, 4) is 0 Å². The second-order valence-electron chi connectivity index (χ2n) is 6.78. The van der Waals surface area contributed by atoms with Crippen molar-refractivity contribution in [2.24, 2.45) is 5.92 Å². The average molecular weight is 454 g/mol. The number of aryl methyl sites for hydroxylation is 2. The summed E-state index contributed by atoms with van der Waals surface area (Å²) in [6, 6.07) is 6.29. The monoisotopic (exact) mass is 454 g/mol. The van der Waals surface area contributed by atoms with Crippen LogP contribution >= 0.6 is 34.8 Å². The van der Waals surface area contributed by atoms with Crippen molar-refractivity contribution in [1.82, 2.24) is 20.2 Å². The largest absolute Gasteiger partial charge is 0.362 e. The molecule has 0 aliphatic carbocycles. The predicted molar refractivity (Wildman–Crippen MR) is 110 cm³/mol. The Labute approximate surface area is 162 Å². The molecule has 0 aromatic carbocycles. The van der Waals surface area contributed by atoms with Crippen LogP contribution in [0.25, 0.3) is 0 Å². The lowest BCUT2D eigenvalue weighted by Gasteiger charge is -2.29. The zero-order valence-electron chi connectivity index (χ0n) is 14.4. The van der Waals surface area contributed by atoms with E-state index in [9.17, 15) is 0 Å². The summed E-state index contributed by atoms with van der Waals surface area (Å²) in [5.41, 5.74) is 4.79. The number of aromatic amines is 1. The van der Waals surface area contributed by atoms with Crippen LogP contribution < -0.4 is 5.32 Å². The van der Waals surface area contributed by atoms with Crippen molar-refractivity contribution in [3.05, 3.63) is 50.6 Å². The molecular weight excluding hydrogens is 431 g/mol. The highest BCUT2D eigenvalue weighted by atomic mass is 127. The number of halogens is 1. The summed E-state index contributed by atoms with van der Waals surface area (Å²) in [6.07, 6.45) is 1.85. The maximum absolute atomic E-state index is 5.68. The van der Waals surface area contributed by atoms with Gasteiger partial charge in [0, 0.05) is 33.3 Å². The van der Waals surface area contributed by atoms with Crippen LogP contribution in [-0.2, 0) is 0 Å². The Balaban J connectivity index is 2.11. The molecule has 0 spiro atoms. The van der Waals surface area contributed by atoms with Crippen LogP contribution in [0.4, 0.5) is 0 Å². The fourth-order valence-electron chi connectivity index (χ4n) is 3.43. The number of nitrogens with one attached hydrogen (secondary N) is 2. The average Bonchev–Trinajstić information content (AvgIpc) is 2.97. The van der Waals surface area contributed by atoms with E-state index in [4.69, 9.17) is 12.2 Å². The van der Waals surface area contributed by atoms with Crippen molar-refractivity contribution in [3.63, 3.8) is 0 Å². The van der Waals surface area contributed by atoms with E-state index in [0.717, 1.165) is 17.4 Å². The molecule has 1 aliphatic heterocycles. The third kappa shape index (κ3) is 3.18. The van der Waals surface area contributed by atoms with E-state index >= 15 is 0 Å². The first-order valence-corrected chi connectivity index (χ1v) is 9.71. The Morgan fingerprint density at radius 3 is 2.58 bits per heavy atom. The molecule has 128 valence electrons. The molecule has 0 bridgehead atoms. The van der Waals surface area contributed by atoms with Gasteiger partial charge in [0.05, 0.1) is 17.8 Å². The zero-order valence-corrected chi connectivity index (χ0v) is 17.4. The van der Waals surface area contributed by atoms with E-state index < -0.39 is 0 Å². The van der Waals surface area contributed by atoms with Crippen LogP contribution in [0.3, 0.4) is 0 Å². The van der Waals surface area contributed by atoms with Crippen LogP contribution in [0.5, 0.6) is 0 Å². The number of nitrogens with zero attached hydrogens (tertiary/aromatic N) is 2. The van der Waals surface area contributed by atoms with Crippen LogP contribution in [0.15, 0.2) is 24.4 Å². The third-order valence-corrected chi connectivity index (χ3v) is 6.14. The lowest BCUT2D eigenvalue weighted by atomic mass is 9.96. The smallest absolute Gasteiger partial charge is 0.170 e. The second kappa shape index (κ2) is 7.00. The topological polar surface area (TPSA) is 44.0 Å². The summed E-state index contributed by atoms with van der Waals surface area (Å²) < 4.78 is 1.29. The van der Waals surface area contributed by atoms with Gasteiger partial charge in [0.2, 0.25) is 0 Å². The molecule has 3 rings (SSSR count). The maximum atomic E-state index is 5.68. The Kier molecular flexibility index (Phi) is 5.15. The molecule has 2 aromatic rings. The van der Waals surface area contributed by atoms with Gasteiger partial charge >= 0.3 is 0 Å². The lowest BCUT2D eigenvalue weighted by molar-refractivity contribution is 0.286. The Hall–Kier alpha value is -1.15. The molecule has 6 heteroatoms. The number of aromatic nitrogens is 2. The molecule has 0 saturated carbocycles. The van der Waals surface area contributed by atoms with Crippen LogP contribution in [0.2, 0.25) is 0 Å². The number of thiocarbonyl (C=S) groups is 1. The van der Waals surface area contributed by atoms with E-state index in [1.807, 2.05) is 18.3 Å². The van der Waals surface area contributed by atoms with Crippen molar-refractivity contribution in [2.75, 3.05) is 6.54 Å². The standard InChI is InChI=1S/C18H23IN4S/c1-10(2)9-23-17(14-11(3)21-12(4)15(14)19)16(22-18(23)24)13-7-5-6-8-20-13/h5-8,10,16-17,21H,9H2,1-4H3,(H,22,24)/t16-,17-/m1/s1. The van der Waals surface area contributed by atoms with Gasteiger partial charge in [-0.05, 0) is 66.7 Å². The van der Waals surface area contributed by atoms with Gasteiger partial charge < -0.3 is 15.2 Å². The molecule has 0 unspecified atom stereocenters. The Morgan fingerprint density at radius 2 is 2.04 bits per heavy atom. The summed E-state index contributed by atoms with van der Waals surface area (Å²) in [4.78, 5) is 10.4. The highest BCUT2D eigenvalue weighted by molar-refractivity contribution is 14.1.